The number of aryl methyl sites for hydroxylation is 1. The number of hydrogen-bond donors (Lipinski definition) is 1. The topological polar surface area (TPSA) is 37.6 Å². The van der Waals surface area contributed by atoms with Crippen molar-refractivity contribution in [2.45, 2.75) is 39.4 Å². The molecule has 2 heterocycles. The van der Waals surface area contributed by atoms with Crippen LogP contribution in [0.1, 0.15) is 25.4 Å². The minimum absolute atomic E-state index is 0.438. The zero-order chi connectivity index (χ0) is 13.0. The minimum atomic E-state index is 0.438. The Hall–Kier alpha value is -0.840. The van der Waals surface area contributed by atoms with Gasteiger partial charge in [0.1, 0.15) is 11.5 Å². The summed E-state index contributed by atoms with van der Waals surface area (Å²) in [5, 5.41) is 3.53. The normalized spacial score (nSPS) is 20.8. The molecule has 1 aromatic rings. The Balaban J connectivity index is 1.77. The molecule has 102 valence electrons. The molecular formula is C14H24N2O2. The summed E-state index contributed by atoms with van der Waals surface area (Å²) >= 11 is 0. The van der Waals surface area contributed by atoms with Crippen molar-refractivity contribution >= 4 is 0 Å². The Morgan fingerprint density at radius 3 is 2.61 bits per heavy atom. The van der Waals surface area contributed by atoms with E-state index < -0.39 is 0 Å². The number of rotatable bonds is 5. The lowest BCUT2D eigenvalue weighted by Gasteiger charge is -2.35. The molecule has 0 bridgehead atoms. The van der Waals surface area contributed by atoms with Crippen LogP contribution in [-0.4, -0.2) is 43.3 Å². The van der Waals surface area contributed by atoms with Gasteiger partial charge in [-0.05, 0) is 32.9 Å². The van der Waals surface area contributed by atoms with Crippen molar-refractivity contribution in [2.75, 3.05) is 26.3 Å². The molecule has 1 aromatic heterocycles. The molecule has 4 nitrogen and oxygen atoms in total. The molecule has 0 spiro atoms. The van der Waals surface area contributed by atoms with Crippen LogP contribution in [0.15, 0.2) is 16.5 Å². The van der Waals surface area contributed by atoms with Gasteiger partial charge in [-0.2, -0.15) is 0 Å². The lowest BCUT2D eigenvalue weighted by atomic mass is 10.1. The van der Waals surface area contributed by atoms with E-state index in [4.69, 9.17) is 9.15 Å². The van der Waals surface area contributed by atoms with Gasteiger partial charge in [0.15, 0.2) is 0 Å². The summed E-state index contributed by atoms with van der Waals surface area (Å²) in [6.45, 7) is 11.1. The highest BCUT2D eigenvalue weighted by Crippen LogP contribution is 2.10. The first-order valence-electron chi connectivity index (χ1n) is 6.77. The maximum absolute atomic E-state index is 5.56. The van der Waals surface area contributed by atoms with E-state index in [0.29, 0.717) is 12.1 Å². The predicted octanol–water partition coefficient (Wildman–Crippen LogP) is 1.79. The fourth-order valence-corrected chi connectivity index (χ4v) is 2.31. The maximum atomic E-state index is 5.56. The molecule has 2 atom stereocenters. The third kappa shape index (κ3) is 3.57. The lowest BCUT2D eigenvalue weighted by Crippen LogP contribution is -2.50. The third-order valence-electron chi connectivity index (χ3n) is 3.74. The van der Waals surface area contributed by atoms with Crippen LogP contribution in [0.4, 0.5) is 0 Å². The quantitative estimate of drug-likeness (QED) is 0.867. The number of nitrogens with zero attached hydrogens (tertiary/aromatic N) is 1. The van der Waals surface area contributed by atoms with E-state index in [1.807, 2.05) is 19.1 Å². The van der Waals surface area contributed by atoms with Crippen LogP contribution in [-0.2, 0) is 11.3 Å². The van der Waals surface area contributed by atoms with E-state index in [-0.39, 0.29) is 0 Å². The van der Waals surface area contributed by atoms with E-state index in [2.05, 4.69) is 24.1 Å². The molecule has 1 aliphatic rings. The van der Waals surface area contributed by atoms with Gasteiger partial charge in [0.05, 0.1) is 19.8 Å². The number of hydrogen-bond acceptors (Lipinski definition) is 4. The van der Waals surface area contributed by atoms with Gasteiger partial charge in [-0.3, -0.25) is 4.90 Å². The monoisotopic (exact) mass is 252 g/mol. The summed E-state index contributed by atoms with van der Waals surface area (Å²) in [6, 6.07) is 5.00. The summed E-state index contributed by atoms with van der Waals surface area (Å²) in [5.41, 5.74) is 0. The van der Waals surface area contributed by atoms with Crippen LogP contribution in [0.3, 0.4) is 0 Å². The first kappa shape index (κ1) is 13.6. The predicted molar refractivity (Wildman–Crippen MR) is 71.6 cm³/mol. The van der Waals surface area contributed by atoms with Crippen molar-refractivity contribution in [3.63, 3.8) is 0 Å². The number of morpholine rings is 1. The average molecular weight is 252 g/mol. The van der Waals surface area contributed by atoms with Gasteiger partial charge in [-0.15, -0.1) is 0 Å². The summed E-state index contributed by atoms with van der Waals surface area (Å²) in [6.07, 6.45) is 0. The molecule has 1 fully saturated rings. The molecule has 0 amide bonds. The van der Waals surface area contributed by atoms with E-state index in [0.717, 1.165) is 44.4 Å². The van der Waals surface area contributed by atoms with Crippen LogP contribution in [0, 0.1) is 6.92 Å². The van der Waals surface area contributed by atoms with Gasteiger partial charge >= 0.3 is 0 Å². The lowest BCUT2D eigenvalue weighted by molar-refractivity contribution is 0.0134. The fraction of sp³-hybridized carbons (Fsp3) is 0.714. The van der Waals surface area contributed by atoms with Crippen LogP contribution in [0.25, 0.3) is 0 Å². The highest BCUT2D eigenvalue weighted by molar-refractivity contribution is 5.05. The summed E-state index contributed by atoms with van der Waals surface area (Å²) in [5.74, 6) is 1.98. The largest absolute Gasteiger partial charge is 0.465 e. The highest BCUT2D eigenvalue weighted by atomic mass is 16.5. The molecule has 0 aliphatic carbocycles. The SMILES string of the molecule is Cc1ccc(CNC(C)C(C)N2CCOCC2)o1. The van der Waals surface area contributed by atoms with Crippen molar-refractivity contribution < 1.29 is 9.15 Å². The van der Waals surface area contributed by atoms with Crippen LogP contribution in [0.5, 0.6) is 0 Å². The van der Waals surface area contributed by atoms with Gasteiger partial charge in [0.25, 0.3) is 0 Å². The highest BCUT2D eigenvalue weighted by Gasteiger charge is 2.21. The first-order valence-corrected chi connectivity index (χ1v) is 6.77. The van der Waals surface area contributed by atoms with Crippen molar-refractivity contribution in [2.24, 2.45) is 0 Å². The van der Waals surface area contributed by atoms with E-state index in [1.165, 1.54) is 0 Å². The van der Waals surface area contributed by atoms with Gasteiger partial charge in [-0.1, -0.05) is 0 Å². The Bertz CT molecular complexity index is 358. The molecular weight excluding hydrogens is 228 g/mol. The Morgan fingerprint density at radius 1 is 1.28 bits per heavy atom. The number of furan rings is 1. The minimum Gasteiger partial charge on any atom is -0.465 e. The third-order valence-corrected chi connectivity index (χ3v) is 3.74. The second kappa shape index (κ2) is 6.36. The molecule has 4 heteroatoms. The zero-order valence-corrected chi connectivity index (χ0v) is 11.6. The number of ether oxygens (including phenoxy) is 1. The Labute approximate surface area is 109 Å². The van der Waals surface area contributed by atoms with Crippen molar-refractivity contribution in [1.29, 1.82) is 0 Å². The maximum Gasteiger partial charge on any atom is 0.117 e. The van der Waals surface area contributed by atoms with Crippen molar-refractivity contribution in [3.05, 3.63) is 23.7 Å². The summed E-state index contributed by atoms with van der Waals surface area (Å²) in [4.78, 5) is 2.48. The van der Waals surface area contributed by atoms with E-state index in [1.54, 1.807) is 0 Å². The van der Waals surface area contributed by atoms with Gasteiger partial charge < -0.3 is 14.5 Å². The van der Waals surface area contributed by atoms with E-state index in [9.17, 15) is 0 Å². The van der Waals surface area contributed by atoms with Gasteiger partial charge in [-0.25, -0.2) is 0 Å². The fourth-order valence-electron chi connectivity index (χ4n) is 2.31. The summed E-state index contributed by atoms with van der Waals surface area (Å²) < 4.78 is 10.9. The van der Waals surface area contributed by atoms with Crippen molar-refractivity contribution in [1.82, 2.24) is 10.2 Å². The molecule has 1 N–H and O–H groups in total. The molecule has 1 saturated heterocycles. The standard InChI is InChI=1S/C14H24N2O2/c1-11-4-5-14(18-11)10-15-12(2)13(3)16-6-8-17-9-7-16/h4-5,12-13,15H,6-10H2,1-3H3. The van der Waals surface area contributed by atoms with Crippen LogP contribution >= 0.6 is 0 Å². The van der Waals surface area contributed by atoms with Crippen LogP contribution in [0.2, 0.25) is 0 Å². The van der Waals surface area contributed by atoms with Crippen LogP contribution < -0.4 is 5.32 Å². The second-order valence-electron chi connectivity index (χ2n) is 5.07. The zero-order valence-electron chi connectivity index (χ0n) is 11.6. The molecule has 2 rings (SSSR count). The second-order valence-corrected chi connectivity index (χ2v) is 5.07. The van der Waals surface area contributed by atoms with E-state index >= 15 is 0 Å². The molecule has 18 heavy (non-hydrogen) atoms. The Morgan fingerprint density at radius 2 is 2.00 bits per heavy atom. The Kier molecular flexibility index (Phi) is 4.80. The van der Waals surface area contributed by atoms with Crippen molar-refractivity contribution in [3.8, 4) is 0 Å². The molecule has 2 unspecified atom stereocenters. The molecule has 1 aliphatic heterocycles. The first-order chi connectivity index (χ1) is 8.66. The molecule has 0 saturated carbocycles. The average Bonchev–Trinajstić information content (AvgIpc) is 2.82. The van der Waals surface area contributed by atoms with Gasteiger partial charge in [0.2, 0.25) is 0 Å². The molecule has 0 radical (unpaired) electrons. The van der Waals surface area contributed by atoms with Gasteiger partial charge in [0, 0.05) is 25.2 Å². The summed E-state index contributed by atoms with van der Waals surface area (Å²) in [7, 11) is 0. The smallest absolute Gasteiger partial charge is 0.117 e. The molecule has 0 aromatic carbocycles. The number of nitrogens with one attached hydrogen (secondary N) is 1.